The summed E-state index contributed by atoms with van der Waals surface area (Å²) >= 11 is 6.69. The van der Waals surface area contributed by atoms with Crippen LogP contribution in [0.15, 0.2) is 78.0 Å². The zero-order valence-electron chi connectivity index (χ0n) is 22.8. The number of aromatic nitrogens is 3. The van der Waals surface area contributed by atoms with Gasteiger partial charge in [-0.15, -0.1) is 18.3 Å². The second-order valence-electron chi connectivity index (χ2n) is 9.68. The first-order chi connectivity index (χ1) is 20.5. The lowest BCUT2D eigenvalue weighted by Crippen LogP contribution is -2.32. The third-order valence-electron chi connectivity index (χ3n) is 6.30. The first-order valence-electron chi connectivity index (χ1n) is 13.0. The standard InChI is InChI=1S/C29H24F4N6O2S2/c1-17(2)23-13-20(30)7-12-24(23)39-25(40)15-43-28(39)36-27(42)34-14-18-3-5-19(6-4-18)26-35-16-38(37-26)21-8-10-22(11-9-21)41-29(31,32)33/h3-13,16-17H,14-15H2,1-2H3,(H,34,42). The van der Waals surface area contributed by atoms with Gasteiger partial charge in [0.2, 0.25) is 5.91 Å². The molecule has 0 radical (unpaired) electrons. The second-order valence-corrected chi connectivity index (χ2v) is 11.0. The maximum Gasteiger partial charge on any atom is 0.573 e. The number of rotatable bonds is 7. The smallest absolute Gasteiger partial charge is 0.406 e. The lowest BCUT2D eigenvalue weighted by atomic mass is 10.0. The Morgan fingerprint density at radius 3 is 2.51 bits per heavy atom. The molecular weight excluding hydrogens is 604 g/mol. The number of ether oxygens (including phenoxy) is 1. The van der Waals surface area contributed by atoms with Crippen molar-refractivity contribution in [1.29, 1.82) is 0 Å². The molecule has 222 valence electrons. The number of carbonyl (C=O) groups is 1. The van der Waals surface area contributed by atoms with Crippen LogP contribution in [0.3, 0.4) is 0 Å². The molecule has 1 fully saturated rings. The maximum absolute atomic E-state index is 13.9. The fraction of sp³-hybridized carbons (Fsp3) is 0.207. The summed E-state index contributed by atoms with van der Waals surface area (Å²) in [6.07, 6.45) is -3.30. The van der Waals surface area contributed by atoms with E-state index in [0.717, 1.165) is 11.1 Å². The number of halogens is 4. The molecule has 0 unspecified atom stereocenters. The predicted molar refractivity (Wildman–Crippen MR) is 161 cm³/mol. The molecule has 0 atom stereocenters. The Labute approximate surface area is 253 Å². The quantitative estimate of drug-likeness (QED) is 0.182. The van der Waals surface area contributed by atoms with Crippen molar-refractivity contribution in [3.05, 3.63) is 90.0 Å². The number of carbonyl (C=O) groups excluding carboxylic acids is 1. The number of amidine groups is 1. The molecule has 1 N–H and O–H groups in total. The molecule has 1 saturated heterocycles. The van der Waals surface area contributed by atoms with Gasteiger partial charge < -0.3 is 10.1 Å². The second kappa shape index (κ2) is 12.5. The molecule has 1 amide bonds. The summed E-state index contributed by atoms with van der Waals surface area (Å²) in [6, 6.07) is 17.1. The highest BCUT2D eigenvalue weighted by Gasteiger charge is 2.32. The molecule has 8 nitrogen and oxygen atoms in total. The van der Waals surface area contributed by atoms with Crippen molar-refractivity contribution in [2.75, 3.05) is 10.7 Å². The van der Waals surface area contributed by atoms with E-state index in [9.17, 15) is 22.4 Å². The summed E-state index contributed by atoms with van der Waals surface area (Å²) in [4.78, 5) is 23.0. The van der Waals surface area contributed by atoms with Gasteiger partial charge in [0.15, 0.2) is 16.1 Å². The number of benzene rings is 3. The fourth-order valence-corrected chi connectivity index (χ4v) is 5.35. The number of alkyl halides is 3. The number of hydrogen-bond donors (Lipinski definition) is 1. The van der Waals surface area contributed by atoms with Gasteiger partial charge in [-0.1, -0.05) is 49.9 Å². The van der Waals surface area contributed by atoms with Crippen LogP contribution in [-0.4, -0.2) is 43.1 Å². The van der Waals surface area contributed by atoms with Crippen LogP contribution in [-0.2, 0) is 11.3 Å². The van der Waals surface area contributed by atoms with E-state index >= 15 is 0 Å². The lowest BCUT2D eigenvalue weighted by Gasteiger charge is -2.21. The summed E-state index contributed by atoms with van der Waals surface area (Å²) in [5.74, 6) is -0.214. The highest BCUT2D eigenvalue weighted by molar-refractivity contribution is 8.15. The topological polar surface area (TPSA) is 84.6 Å². The van der Waals surface area contributed by atoms with E-state index in [1.807, 2.05) is 38.1 Å². The van der Waals surface area contributed by atoms with Gasteiger partial charge in [0, 0.05) is 12.1 Å². The Bertz CT molecular complexity index is 1670. The molecule has 1 aliphatic rings. The van der Waals surface area contributed by atoms with E-state index < -0.39 is 6.36 Å². The largest absolute Gasteiger partial charge is 0.573 e. The van der Waals surface area contributed by atoms with Crippen molar-refractivity contribution in [2.24, 2.45) is 4.99 Å². The number of thioether (sulfide) groups is 1. The highest BCUT2D eigenvalue weighted by Crippen LogP contribution is 2.34. The molecule has 43 heavy (non-hydrogen) atoms. The molecule has 3 aromatic carbocycles. The van der Waals surface area contributed by atoms with Crippen molar-refractivity contribution in [1.82, 2.24) is 20.1 Å². The van der Waals surface area contributed by atoms with E-state index in [4.69, 9.17) is 12.2 Å². The average molecular weight is 629 g/mol. The number of aliphatic imine (C=N–C) groups is 1. The summed E-state index contributed by atoms with van der Waals surface area (Å²) in [7, 11) is 0. The van der Waals surface area contributed by atoms with Crippen LogP contribution in [0.25, 0.3) is 17.1 Å². The van der Waals surface area contributed by atoms with Gasteiger partial charge >= 0.3 is 6.36 Å². The number of anilines is 1. The Balaban J connectivity index is 1.22. The molecule has 4 aromatic rings. The van der Waals surface area contributed by atoms with Crippen LogP contribution >= 0.6 is 24.0 Å². The lowest BCUT2D eigenvalue weighted by molar-refractivity contribution is -0.274. The Morgan fingerprint density at radius 2 is 1.84 bits per heavy atom. The summed E-state index contributed by atoms with van der Waals surface area (Å²) in [6.45, 7) is 4.23. The summed E-state index contributed by atoms with van der Waals surface area (Å²) in [5.41, 5.74) is 3.45. The van der Waals surface area contributed by atoms with Crippen LogP contribution in [0.2, 0.25) is 0 Å². The van der Waals surface area contributed by atoms with Gasteiger partial charge in [0.05, 0.1) is 17.1 Å². The molecule has 1 aliphatic heterocycles. The first kappa shape index (κ1) is 30.2. The van der Waals surface area contributed by atoms with E-state index in [-0.39, 0.29) is 34.3 Å². The van der Waals surface area contributed by atoms with Crippen LogP contribution in [0, 0.1) is 5.82 Å². The molecule has 0 bridgehead atoms. The zero-order valence-corrected chi connectivity index (χ0v) is 24.4. The Morgan fingerprint density at radius 1 is 1.12 bits per heavy atom. The van der Waals surface area contributed by atoms with Gasteiger partial charge in [-0.2, -0.15) is 4.99 Å². The highest BCUT2D eigenvalue weighted by atomic mass is 32.2. The van der Waals surface area contributed by atoms with Crippen LogP contribution < -0.4 is 15.0 Å². The van der Waals surface area contributed by atoms with Crippen molar-refractivity contribution in [2.45, 2.75) is 32.7 Å². The zero-order chi connectivity index (χ0) is 30.7. The van der Waals surface area contributed by atoms with Crippen molar-refractivity contribution in [3.8, 4) is 22.8 Å². The summed E-state index contributed by atoms with van der Waals surface area (Å²) < 4.78 is 56.4. The van der Waals surface area contributed by atoms with Gasteiger partial charge in [-0.3, -0.25) is 9.69 Å². The monoisotopic (exact) mass is 628 g/mol. The van der Waals surface area contributed by atoms with E-state index in [1.165, 1.54) is 64.1 Å². The molecular formula is C29H24F4N6O2S2. The number of hydrogen-bond acceptors (Lipinski definition) is 6. The van der Waals surface area contributed by atoms with Gasteiger partial charge in [-0.25, -0.2) is 14.1 Å². The minimum Gasteiger partial charge on any atom is -0.406 e. The number of nitrogens with zero attached hydrogens (tertiary/aromatic N) is 5. The minimum atomic E-state index is -4.76. The molecule has 0 saturated carbocycles. The van der Waals surface area contributed by atoms with Crippen molar-refractivity contribution < 1.29 is 27.1 Å². The molecule has 0 spiro atoms. The number of thiocarbonyl (C=S) groups is 1. The maximum atomic E-state index is 13.9. The number of nitrogens with one attached hydrogen (secondary N) is 1. The predicted octanol–water partition coefficient (Wildman–Crippen LogP) is 6.61. The number of amides is 1. The normalized spacial score (nSPS) is 14.5. The van der Waals surface area contributed by atoms with Crippen LogP contribution in [0.5, 0.6) is 5.75 Å². The Hall–Kier alpha value is -4.30. The van der Waals surface area contributed by atoms with Crippen molar-refractivity contribution in [3.63, 3.8) is 0 Å². The van der Waals surface area contributed by atoms with Gasteiger partial charge in [0.1, 0.15) is 17.9 Å². The molecule has 5 rings (SSSR count). The third-order valence-corrected chi connectivity index (χ3v) is 7.46. The van der Waals surface area contributed by atoms with Crippen LogP contribution in [0.4, 0.5) is 23.2 Å². The van der Waals surface area contributed by atoms with Gasteiger partial charge in [-0.05, 0) is 71.7 Å². The van der Waals surface area contributed by atoms with Crippen LogP contribution in [0.1, 0.15) is 30.9 Å². The Kier molecular flexibility index (Phi) is 8.78. The van der Waals surface area contributed by atoms with E-state index in [1.54, 1.807) is 6.07 Å². The molecule has 2 heterocycles. The van der Waals surface area contributed by atoms with E-state index in [0.29, 0.717) is 34.5 Å². The molecule has 1 aromatic heterocycles. The molecule has 0 aliphatic carbocycles. The molecule has 14 heteroatoms. The fourth-order valence-electron chi connectivity index (χ4n) is 4.27. The first-order valence-corrected chi connectivity index (χ1v) is 14.3. The van der Waals surface area contributed by atoms with Gasteiger partial charge in [0.25, 0.3) is 0 Å². The average Bonchev–Trinajstić information content (AvgIpc) is 3.59. The minimum absolute atomic E-state index is 0.00403. The van der Waals surface area contributed by atoms with E-state index in [2.05, 4.69) is 25.1 Å². The third kappa shape index (κ3) is 7.38. The SMILES string of the molecule is CC(C)c1cc(F)ccc1N1C(=O)CSC1=NC(=S)NCc1ccc(-c2ncn(-c3ccc(OC(F)(F)F)cc3)n2)cc1. The summed E-state index contributed by atoms with van der Waals surface area (Å²) in [5, 5.41) is 8.12. The van der Waals surface area contributed by atoms with Crippen molar-refractivity contribution >= 4 is 45.9 Å².